The molecule has 0 heterocycles. The van der Waals surface area contributed by atoms with Crippen LogP contribution in [0.25, 0.3) is 0 Å². The summed E-state index contributed by atoms with van der Waals surface area (Å²) < 4.78 is 31.2. The van der Waals surface area contributed by atoms with Gasteiger partial charge in [0.1, 0.15) is 10.1 Å². The van der Waals surface area contributed by atoms with Crippen molar-refractivity contribution in [2.24, 2.45) is 5.92 Å². The van der Waals surface area contributed by atoms with Gasteiger partial charge in [-0.05, 0) is 19.3 Å². The molecule has 1 aliphatic rings. The van der Waals surface area contributed by atoms with E-state index in [0.29, 0.717) is 0 Å². The fourth-order valence-electron chi connectivity index (χ4n) is 0.960. The van der Waals surface area contributed by atoms with Crippen molar-refractivity contribution in [1.29, 1.82) is 0 Å². The van der Waals surface area contributed by atoms with E-state index in [1.807, 2.05) is 0 Å². The van der Waals surface area contributed by atoms with Gasteiger partial charge >= 0.3 is 29.6 Å². The molecule has 0 radical (unpaired) electrons. The van der Waals surface area contributed by atoms with Crippen LogP contribution in [0.15, 0.2) is 0 Å². The Morgan fingerprint density at radius 3 is 2.25 bits per heavy atom. The Kier molecular flexibility index (Phi) is 4.22. The van der Waals surface area contributed by atoms with E-state index in [0.717, 1.165) is 19.8 Å². The van der Waals surface area contributed by atoms with Crippen LogP contribution in [0.5, 0.6) is 0 Å². The Morgan fingerprint density at radius 2 is 2.00 bits per heavy atom. The van der Waals surface area contributed by atoms with Gasteiger partial charge in [0.15, 0.2) is 4.93 Å². The number of hydrogen-bond donors (Lipinski definition) is 1. The molecule has 0 aromatic rings. The van der Waals surface area contributed by atoms with Crippen LogP contribution in [0.1, 0.15) is 26.2 Å². The first kappa shape index (κ1) is 12.9. The number of aliphatic hydroxyl groups is 1. The molecule has 0 amide bonds. The van der Waals surface area contributed by atoms with Crippen molar-refractivity contribution >= 4 is 10.1 Å². The van der Waals surface area contributed by atoms with Crippen LogP contribution >= 0.6 is 0 Å². The molecule has 1 aliphatic carbocycles. The maximum absolute atomic E-state index is 10.4. The minimum atomic E-state index is -4.55. The predicted octanol–water partition coefficient (Wildman–Crippen LogP) is -2.96. The van der Waals surface area contributed by atoms with E-state index in [4.69, 9.17) is 5.11 Å². The molecule has 12 heavy (non-hydrogen) atoms. The van der Waals surface area contributed by atoms with Gasteiger partial charge in [0.25, 0.3) is 0 Å². The predicted molar refractivity (Wildman–Crippen MR) is 37.7 cm³/mol. The van der Waals surface area contributed by atoms with Crippen LogP contribution in [-0.2, 0) is 10.1 Å². The zero-order valence-corrected chi connectivity index (χ0v) is 10.1. The number of rotatable bonds is 3. The van der Waals surface area contributed by atoms with E-state index in [9.17, 15) is 13.0 Å². The van der Waals surface area contributed by atoms with E-state index < -0.39 is 15.1 Å². The molecule has 66 valence electrons. The second-order valence-corrected chi connectivity index (χ2v) is 5.06. The molecule has 1 fully saturated rings. The van der Waals surface area contributed by atoms with E-state index in [-0.39, 0.29) is 41.9 Å². The fourth-order valence-corrected chi connectivity index (χ4v) is 1.40. The summed E-state index contributed by atoms with van der Waals surface area (Å²) in [6.07, 6.45) is 1.93. The van der Waals surface area contributed by atoms with Gasteiger partial charge in [0, 0.05) is 0 Å². The molecule has 0 aromatic carbocycles. The molecule has 1 N–H and O–H groups in total. The first-order chi connectivity index (χ1) is 4.83. The topological polar surface area (TPSA) is 77.4 Å². The molecule has 1 unspecified atom stereocenters. The SMILES string of the molecule is CC(O)(CC1CC1)S(=O)(=O)[O-].[Na+]. The fraction of sp³-hybridized carbons (Fsp3) is 1.00. The molecular formula is C6H11NaO4S. The minimum Gasteiger partial charge on any atom is -0.746 e. The van der Waals surface area contributed by atoms with Crippen LogP contribution in [-0.4, -0.2) is 23.0 Å². The molecule has 0 aromatic heterocycles. The molecule has 0 saturated heterocycles. The van der Waals surface area contributed by atoms with E-state index in [2.05, 4.69) is 0 Å². The first-order valence-corrected chi connectivity index (χ1v) is 4.91. The summed E-state index contributed by atoms with van der Waals surface area (Å²) in [6.45, 7) is 1.06. The van der Waals surface area contributed by atoms with E-state index >= 15 is 0 Å². The maximum atomic E-state index is 10.4. The van der Waals surface area contributed by atoms with Gasteiger partial charge in [-0.2, -0.15) is 0 Å². The van der Waals surface area contributed by atoms with E-state index in [1.165, 1.54) is 0 Å². The van der Waals surface area contributed by atoms with Crippen LogP contribution in [0.3, 0.4) is 0 Å². The standard InChI is InChI=1S/C6H12O4S.Na/c1-6(7,11(8,9)10)4-5-2-3-5;/h5,7H,2-4H2,1H3,(H,8,9,10);/q;+1/p-1. The molecule has 1 rings (SSSR count). The summed E-state index contributed by atoms with van der Waals surface area (Å²) in [6, 6.07) is 0. The molecule has 4 nitrogen and oxygen atoms in total. The van der Waals surface area contributed by atoms with Gasteiger partial charge in [-0.25, -0.2) is 8.42 Å². The molecule has 0 spiro atoms. The molecule has 0 bridgehead atoms. The molecule has 1 saturated carbocycles. The Bertz CT molecular complexity index is 242. The third-order valence-electron chi connectivity index (χ3n) is 1.90. The van der Waals surface area contributed by atoms with Gasteiger partial charge < -0.3 is 9.66 Å². The normalized spacial score (nSPS) is 22.6. The Morgan fingerprint density at radius 1 is 1.58 bits per heavy atom. The zero-order chi connectivity index (χ0) is 8.70. The quantitative estimate of drug-likeness (QED) is 0.392. The Hall–Kier alpha value is 0.870. The summed E-state index contributed by atoms with van der Waals surface area (Å²) in [4.78, 5) is -2.06. The summed E-state index contributed by atoms with van der Waals surface area (Å²) in [5, 5.41) is 9.16. The van der Waals surface area contributed by atoms with Crippen molar-refractivity contribution in [2.75, 3.05) is 0 Å². The number of hydrogen-bond acceptors (Lipinski definition) is 4. The largest absolute Gasteiger partial charge is 1.00 e. The van der Waals surface area contributed by atoms with Crippen LogP contribution < -0.4 is 29.6 Å². The summed E-state index contributed by atoms with van der Waals surface area (Å²) >= 11 is 0. The smallest absolute Gasteiger partial charge is 0.746 e. The third-order valence-corrected chi connectivity index (χ3v) is 3.15. The van der Waals surface area contributed by atoms with Gasteiger partial charge in [0.05, 0.1) is 0 Å². The second-order valence-electron chi connectivity index (χ2n) is 3.28. The Balaban J connectivity index is 0.00000121. The summed E-state index contributed by atoms with van der Waals surface area (Å²) in [7, 11) is -4.55. The van der Waals surface area contributed by atoms with E-state index in [1.54, 1.807) is 0 Å². The monoisotopic (exact) mass is 202 g/mol. The molecule has 6 heteroatoms. The van der Waals surface area contributed by atoms with Crippen LogP contribution in [0.2, 0.25) is 0 Å². The zero-order valence-electron chi connectivity index (χ0n) is 7.28. The first-order valence-electron chi connectivity index (χ1n) is 3.51. The van der Waals surface area contributed by atoms with Gasteiger partial charge in [0.2, 0.25) is 0 Å². The van der Waals surface area contributed by atoms with Crippen molar-refractivity contribution < 1.29 is 47.6 Å². The van der Waals surface area contributed by atoms with Gasteiger partial charge in [-0.15, -0.1) is 0 Å². The molecule has 0 aliphatic heterocycles. The second kappa shape index (κ2) is 3.94. The Labute approximate surface area is 94.4 Å². The van der Waals surface area contributed by atoms with Gasteiger partial charge in [-0.1, -0.05) is 12.8 Å². The summed E-state index contributed by atoms with van der Waals surface area (Å²) in [5.74, 6) is 0.230. The average molecular weight is 202 g/mol. The van der Waals surface area contributed by atoms with Crippen molar-refractivity contribution in [2.45, 2.75) is 31.1 Å². The van der Waals surface area contributed by atoms with Crippen molar-refractivity contribution in [1.82, 2.24) is 0 Å². The third kappa shape index (κ3) is 3.32. The van der Waals surface area contributed by atoms with Gasteiger partial charge in [-0.3, -0.25) is 0 Å². The molecular weight excluding hydrogens is 191 g/mol. The minimum absolute atomic E-state index is 0. The molecule has 1 atom stereocenters. The average Bonchev–Trinajstić information content (AvgIpc) is 2.45. The van der Waals surface area contributed by atoms with Crippen LogP contribution in [0, 0.1) is 5.92 Å². The van der Waals surface area contributed by atoms with Crippen molar-refractivity contribution in [3.05, 3.63) is 0 Å². The maximum Gasteiger partial charge on any atom is 1.00 e. The van der Waals surface area contributed by atoms with Crippen LogP contribution in [0.4, 0.5) is 0 Å². The summed E-state index contributed by atoms with van der Waals surface area (Å²) in [5.41, 5.74) is 0. The van der Waals surface area contributed by atoms with Crippen molar-refractivity contribution in [3.8, 4) is 0 Å². The van der Waals surface area contributed by atoms with Crippen molar-refractivity contribution in [3.63, 3.8) is 0 Å².